The Kier molecular flexibility index (Phi) is 11.7. The number of hydrogen-bond acceptors (Lipinski definition) is 4. The Morgan fingerprint density at radius 1 is 0.430 bits per heavy atom. The summed E-state index contributed by atoms with van der Waals surface area (Å²) in [5, 5.41) is 2.34. The molecule has 0 bridgehead atoms. The summed E-state index contributed by atoms with van der Waals surface area (Å²) in [4.78, 5) is 10.1. The minimum atomic E-state index is -0.491. The van der Waals surface area contributed by atoms with Gasteiger partial charge in [0.2, 0.25) is 0 Å². The van der Waals surface area contributed by atoms with Gasteiger partial charge in [0, 0.05) is 51.3 Å². The van der Waals surface area contributed by atoms with Crippen molar-refractivity contribution in [1.29, 1.82) is 0 Å². The van der Waals surface area contributed by atoms with Gasteiger partial charge in [0.25, 0.3) is 0 Å². The van der Waals surface area contributed by atoms with Crippen molar-refractivity contribution in [3.05, 3.63) is 252 Å². The number of pyridine rings is 1. The molecule has 0 fully saturated rings. The molecule has 2 aliphatic rings. The van der Waals surface area contributed by atoms with Gasteiger partial charge in [0.1, 0.15) is 24.0 Å². The van der Waals surface area contributed by atoms with Crippen LogP contribution in [0, 0.1) is 0 Å². The van der Waals surface area contributed by atoms with Gasteiger partial charge in [0.15, 0.2) is 0 Å². The van der Waals surface area contributed by atoms with Crippen LogP contribution in [0.25, 0.3) is 61.0 Å². The normalized spacial score (nSPS) is 13.9. The molecule has 5 heteroatoms. The van der Waals surface area contributed by atoms with E-state index in [2.05, 4.69) is 296 Å². The molecule has 3 heterocycles. The smallest absolute Gasteiger partial charge is 0.137 e. The van der Waals surface area contributed by atoms with Gasteiger partial charge in [-0.1, -0.05) is 196 Å². The maximum Gasteiger partial charge on any atom is 0.137 e. The Hall–Kier alpha value is -8.67. The van der Waals surface area contributed by atoms with Gasteiger partial charge in [-0.2, -0.15) is 0 Å². The lowest BCUT2D eigenvalue weighted by atomic mass is 9.74. The van der Waals surface area contributed by atoms with E-state index in [1.54, 1.807) is 0 Å². The van der Waals surface area contributed by atoms with Crippen molar-refractivity contribution < 1.29 is 4.74 Å². The van der Waals surface area contributed by atoms with Crippen LogP contribution in [0.15, 0.2) is 219 Å². The van der Waals surface area contributed by atoms with Gasteiger partial charge in [0.05, 0.1) is 28.1 Å². The van der Waals surface area contributed by atoms with E-state index in [-0.39, 0.29) is 16.2 Å². The van der Waals surface area contributed by atoms with E-state index >= 15 is 0 Å². The van der Waals surface area contributed by atoms with Gasteiger partial charge in [-0.15, -0.1) is 0 Å². The predicted molar refractivity (Wildman–Crippen MR) is 332 cm³/mol. The van der Waals surface area contributed by atoms with Crippen LogP contribution in [0.2, 0.25) is 0 Å². The number of nitrogens with zero attached hydrogens (tertiary/aromatic N) is 4. The number of para-hydroxylation sites is 2. The van der Waals surface area contributed by atoms with Crippen molar-refractivity contribution in [3.63, 3.8) is 0 Å². The fourth-order valence-corrected chi connectivity index (χ4v) is 12.4. The Morgan fingerprint density at radius 2 is 0.949 bits per heavy atom. The Bertz CT molecular complexity index is 4060. The lowest BCUT2D eigenvalue weighted by Gasteiger charge is -2.31. The molecule has 13 rings (SSSR count). The minimum Gasteiger partial charge on any atom is -0.457 e. The Morgan fingerprint density at radius 3 is 1.54 bits per heavy atom. The quantitative estimate of drug-likeness (QED) is 0.152. The molecule has 0 amide bonds. The lowest BCUT2D eigenvalue weighted by molar-refractivity contribution is 0.481. The fraction of sp³-hybridized carbons (Fsp3) is 0.203. The van der Waals surface area contributed by atoms with Crippen LogP contribution < -0.4 is 14.5 Å². The van der Waals surface area contributed by atoms with E-state index in [1.807, 2.05) is 6.20 Å². The molecule has 9 aromatic carbocycles. The van der Waals surface area contributed by atoms with Gasteiger partial charge < -0.3 is 14.5 Å². The maximum atomic E-state index is 7.38. The van der Waals surface area contributed by atoms with Gasteiger partial charge in [-0.25, -0.2) is 4.98 Å². The van der Waals surface area contributed by atoms with Crippen LogP contribution in [-0.4, -0.2) is 16.2 Å². The number of fused-ring (bicyclic) bond motifs is 7. The zero-order valence-electron chi connectivity index (χ0n) is 47.2. The zero-order chi connectivity index (χ0) is 54.6. The molecule has 11 aromatic rings. The number of hydrogen-bond donors (Lipinski definition) is 0. The second-order valence-corrected chi connectivity index (χ2v) is 25.1. The summed E-state index contributed by atoms with van der Waals surface area (Å²) in [6.07, 6.45) is 1.96. The third-order valence-corrected chi connectivity index (χ3v) is 16.8. The third kappa shape index (κ3) is 8.50. The first-order chi connectivity index (χ1) is 37.9. The van der Waals surface area contributed by atoms with Crippen LogP contribution in [0.3, 0.4) is 0 Å². The Labute approximate surface area is 466 Å². The molecule has 0 radical (unpaired) electrons. The number of anilines is 4. The zero-order valence-corrected chi connectivity index (χ0v) is 47.2. The molecule has 0 spiro atoms. The number of benzene rings is 9. The summed E-state index contributed by atoms with van der Waals surface area (Å²) >= 11 is 0. The molecule has 1 aliphatic carbocycles. The monoisotopic (exact) mass is 1030 g/mol. The number of aromatic nitrogens is 2. The molecule has 79 heavy (non-hydrogen) atoms. The predicted octanol–water partition coefficient (Wildman–Crippen LogP) is 19.8. The van der Waals surface area contributed by atoms with Crippen LogP contribution in [0.5, 0.6) is 11.5 Å². The van der Waals surface area contributed by atoms with E-state index in [0.29, 0.717) is 6.67 Å². The molecule has 0 saturated carbocycles. The molecular formula is C74H68N4O. The minimum absolute atomic E-state index is 0.0394. The molecule has 390 valence electrons. The van der Waals surface area contributed by atoms with Crippen molar-refractivity contribution in [2.75, 3.05) is 16.5 Å². The van der Waals surface area contributed by atoms with E-state index in [9.17, 15) is 0 Å². The van der Waals surface area contributed by atoms with Gasteiger partial charge >= 0.3 is 0 Å². The molecule has 0 saturated heterocycles. The topological polar surface area (TPSA) is 33.5 Å². The SMILES string of the molecule is CC(C)(C)c1ccnc(-n2c3cc(Oc4cc(N5CN(c6c(-c7ccccc7)cc(C(C)(C)C)cc6-c6ccccc6)c6ccccc65)cc(C5(C)c6ccccc6-c6ccccc65)c4)ccc3c3ccc(C(C)(C)C)cc32)c1. The average molecular weight is 1030 g/mol. The van der Waals surface area contributed by atoms with Crippen molar-refractivity contribution in [2.45, 2.75) is 90.9 Å². The largest absolute Gasteiger partial charge is 0.457 e. The second kappa shape index (κ2) is 18.5. The van der Waals surface area contributed by atoms with E-state index < -0.39 is 5.41 Å². The van der Waals surface area contributed by atoms with Crippen molar-refractivity contribution >= 4 is 44.6 Å². The fourth-order valence-electron chi connectivity index (χ4n) is 12.4. The summed E-state index contributed by atoms with van der Waals surface area (Å²) in [5.74, 6) is 2.41. The number of ether oxygens (including phenoxy) is 1. The van der Waals surface area contributed by atoms with Crippen molar-refractivity contribution in [1.82, 2.24) is 9.55 Å². The first-order valence-corrected chi connectivity index (χ1v) is 28.0. The highest BCUT2D eigenvalue weighted by atomic mass is 16.5. The molecule has 1 aliphatic heterocycles. The summed E-state index contributed by atoms with van der Waals surface area (Å²) < 4.78 is 9.72. The lowest BCUT2D eigenvalue weighted by Crippen LogP contribution is -2.27. The summed E-state index contributed by atoms with van der Waals surface area (Å²) in [7, 11) is 0. The molecule has 0 N–H and O–H groups in total. The Balaban J connectivity index is 1.01. The first kappa shape index (κ1) is 49.9. The van der Waals surface area contributed by atoms with Crippen LogP contribution in [0.4, 0.5) is 22.7 Å². The third-order valence-electron chi connectivity index (χ3n) is 16.8. The second-order valence-electron chi connectivity index (χ2n) is 25.1. The van der Waals surface area contributed by atoms with Crippen LogP contribution >= 0.6 is 0 Å². The summed E-state index contributed by atoms with van der Waals surface area (Å²) in [5.41, 5.74) is 20.8. The standard InChI is InChI=1S/C74H68N4O/c1-71(2,3)50-33-35-59-60-36-34-55(46-68(60)78(67(59)43-50)69-44-51(37-38-75-69)72(4,5)6)79-56-40-53(74(10)63-29-19-17-27-57(63)58-28-18-20-30-64(58)74)39-54(45-56)76-47-77(66-32-22-21-31-65(66)76)70-61(48-23-13-11-14-24-48)41-52(73(7,8)9)42-62(70)49-25-15-12-16-26-49/h11-46H,47H2,1-10H3. The van der Waals surface area contributed by atoms with Crippen LogP contribution in [0.1, 0.15) is 103 Å². The molecular weight excluding hydrogens is 961 g/mol. The molecule has 2 aromatic heterocycles. The van der Waals surface area contributed by atoms with Crippen molar-refractivity contribution in [3.8, 4) is 50.7 Å². The average Bonchev–Trinajstić information content (AvgIpc) is 3.80. The highest BCUT2D eigenvalue weighted by Crippen LogP contribution is 2.56. The van der Waals surface area contributed by atoms with Gasteiger partial charge in [-0.3, -0.25) is 4.57 Å². The highest BCUT2D eigenvalue weighted by molar-refractivity contribution is 6.10. The van der Waals surface area contributed by atoms with E-state index in [4.69, 9.17) is 9.72 Å². The number of rotatable bonds is 8. The maximum absolute atomic E-state index is 7.38. The molecule has 5 nitrogen and oxygen atoms in total. The van der Waals surface area contributed by atoms with Crippen molar-refractivity contribution in [2.24, 2.45) is 0 Å². The summed E-state index contributed by atoms with van der Waals surface area (Å²) in [6, 6.07) is 78.4. The highest BCUT2D eigenvalue weighted by Gasteiger charge is 2.42. The van der Waals surface area contributed by atoms with Crippen LogP contribution in [-0.2, 0) is 21.7 Å². The van der Waals surface area contributed by atoms with E-state index in [1.165, 1.54) is 72.3 Å². The molecule has 0 atom stereocenters. The molecule has 0 unspecified atom stereocenters. The first-order valence-electron chi connectivity index (χ1n) is 28.0. The summed E-state index contributed by atoms with van der Waals surface area (Å²) in [6.45, 7) is 23.6. The van der Waals surface area contributed by atoms with E-state index in [0.717, 1.165) is 56.4 Å². The van der Waals surface area contributed by atoms with Gasteiger partial charge in [-0.05, 0) is 146 Å².